The zero-order valence-electron chi connectivity index (χ0n) is 16.8. The lowest BCUT2D eigenvalue weighted by atomic mass is 10.1. The molecule has 0 fully saturated rings. The van der Waals surface area contributed by atoms with Crippen LogP contribution in [-0.2, 0) is 19.6 Å². The van der Waals surface area contributed by atoms with Crippen LogP contribution in [0.15, 0.2) is 59.4 Å². The molecule has 2 N–H and O–H groups in total. The molecule has 0 aliphatic rings. The summed E-state index contributed by atoms with van der Waals surface area (Å²) in [6.45, 7) is 3.75. The first-order chi connectivity index (χ1) is 14.6. The van der Waals surface area contributed by atoms with Crippen molar-refractivity contribution in [1.29, 1.82) is 0 Å². The highest BCUT2D eigenvalue weighted by atomic mass is 16.3. The molecule has 0 aliphatic carbocycles. The van der Waals surface area contributed by atoms with E-state index >= 15 is 0 Å². The van der Waals surface area contributed by atoms with Crippen LogP contribution in [0.5, 0.6) is 0 Å². The fraction of sp³-hybridized carbons (Fsp3) is 0.273. The molecule has 0 unspecified atom stereocenters. The van der Waals surface area contributed by atoms with Gasteiger partial charge in [-0.15, -0.1) is 5.10 Å². The molecule has 0 bridgehead atoms. The Hall–Kier alpha value is -3.36. The van der Waals surface area contributed by atoms with E-state index < -0.39 is 0 Å². The number of hydrogen-bond donors (Lipinski definition) is 2. The molecule has 30 heavy (non-hydrogen) atoms. The van der Waals surface area contributed by atoms with Gasteiger partial charge in [0.15, 0.2) is 5.82 Å². The molecule has 4 aromatic rings. The summed E-state index contributed by atoms with van der Waals surface area (Å²) in [6, 6.07) is 17.9. The number of hydrogen-bond acceptors (Lipinski definition) is 6. The van der Waals surface area contributed by atoms with Crippen LogP contribution >= 0.6 is 0 Å². The van der Waals surface area contributed by atoms with E-state index in [0.717, 1.165) is 22.0 Å². The number of pyridine rings is 1. The maximum Gasteiger partial charge on any atom is 0.252 e. The Morgan fingerprint density at radius 1 is 1.10 bits per heavy atom. The van der Waals surface area contributed by atoms with Gasteiger partial charge in [-0.3, -0.25) is 9.69 Å². The zero-order chi connectivity index (χ0) is 20.9. The van der Waals surface area contributed by atoms with Crippen molar-refractivity contribution in [2.45, 2.75) is 26.6 Å². The van der Waals surface area contributed by atoms with E-state index in [1.165, 1.54) is 0 Å². The van der Waals surface area contributed by atoms with Crippen molar-refractivity contribution in [3.8, 4) is 0 Å². The van der Waals surface area contributed by atoms with Crippen molar-refractivity contribution in [2.24, 2.45) is 0 Å². The lowest BCUT2D eigenvalue weighted by Crippen LogP contribution is -2.30. The number of nitrogens with one attached hydrogen (secondary N) is 1. The minimum atomic E-state index is -0.125. The summed E-state index contributed by atoms with van der Waals surface area (Å²) in [5.41, 5.74) is 3.53. The van der Waals surface area contributed by atoms with Gasteiger partial charge in [0.1, 0.15) is 0 Å². The van der Waals surface area contributed by atoms with Crippen molar-refractivity contribution < 1.29 is 5.11 Å². The molecular formula is C22H24N6O2. The van der Waals surface area contributed by atoms with E-state index in [-0.39, 0.29) is 12.2 Å². The van der Waals surface area contributed by atoms with Crippen LogP contribution in [0.3, 0.4) is 0 Å². The summed E-state index contributed by atoms with van der Waals surface area (Å²) in [5, 5.41) is 22.6. The largest absolute Gasteiger partial charge is 0.395 e. The van der Waals surface area contributed by atoms with E-state index in [0.29, 0.717) is 37.6 Å². The van der Waals surface area contributed by atoms with Gasteiger partial charge in [-0.25, -0.2) is 4.68 Å². The van der Waals surface area contributed by atoms with E-state index in [9.17, 15) is 9.90 Å². The second kappa shape index (κ2) is 8.98. The van der Waals surface area contributed by atoms with Gasteiger partial charge < -0.3 is 10.1 Å². The molecule has 0 radical (unpaired) electrons. The number of aliphatic hydroxyl groups excluding tert-OH is 1. The Morgan fingerprint density at radius 2 is 1.93 bits per heavy atom. The first-order valence-corrected chi connectivity index (χ1v) is 9.87. The summed E-state index contributed by atoms with van der Waals surface area (Å²) in [7, 11) is 0. The average molecular weight is 404 g/mol. The summed E-state index contributed by atoms with van der Waals surface area (Å²) in [6.07, 6.45) is 0. The van der Waals surface area contributed by atoms with Crippen molar-refractivity contribution in [1.82, 2.24) is 30.1 Å². The van der Waals surface area contributed by atoms with Crippen molar-refractivity contribution in [2.75, 3.05) is 13.2 Å². The third kappa shape index (κ3) is 4.61. The van der Waals surface area contributed by atoms with Crippen LogP contribution < -0.4 is 5.56 Å². The van der Waals surface area contributed by atoms with Crippen LogP contribution in [0.25, 0.3) is 10.9 Å². The highest BCUT2D eigenvalue weighted by Crippen LogP contribution is 2.15. The number of aromatic nitrogens is 5. The van der Waals surface area contributed by atoms with Crippen molar-refractivity contribution >= 4 is 10.9 Å². The molecule has 4 rings (SSSR count). The molecule has 8 nitrogen and oxygen atoms in total. The smallest absolute Gasteiger partial charge is 0.252 e. The third-order valence-corrected chi connectivity index (χ3v) is 5.03. The average Bonchev–Trinajstić information content (AvgIpc) is 3.16. The number of nitrogens with zero attached hydrogens (tertiary/aromatic N) is 5. The molecule has 0 spiro atoms. The number of aromatic amines is 1. The number of tetrazole rings is 1. The van der Waals surface area contributed by atoms with Crippen molar-refractivity contribution in [3.63, 3.8) is 0 Å². The molecule has 0 saturated carbocycles. The summed E-state index contributed by atoms with van der Waals surface area (Å²) < 4.78 is 1.74. The topological polar surface area (TPSA) is 99.9 Å². The minimum absolute atomic E-state index is 0.0229. The molecule has 0 atom stereocenters. The Labute approximate surface area is 173 Å². The first kappa shape index (κ1) is 19.9. The number of aliphatic hydroxyl groups is 1. The normalized spacial score (nSPS) is 11.4. The standard InChI is InChI=1S/C22H24N6O2/c1-16-7-8-18-12-19(22(30)23-20(18)11-16)14-27(9-10-29)15-21-24-25-26-28(21)13-17-5-3-2-4-6-17/h2-8,11-12,29H,9-10,13-15H2,1H3,(H,23,30). The van der Waals surface area contributed by atoms with Crippen molar-refractivity contribution in [3.05, 3.63) is 87.5 Å². The Morgan fingerprint density at radius 3 is 2.73 bits per heavy atom. The van der Waals surface area contributed by atoms with Crippen LogP contribution in [-0.4, -0.2) is 48.3 Å². The quantitative estimate of drug-likeness (QED) is 0.465. The fourth-order valence-corrected chi connectivity index (χ4v) is 3.49. The van der Waals surface area contributed by atoms with Gasteiger partial charge in [0.05, 0.1) is 19.7 Å². The van der Waals surface area contributed by atoms with Gasteiger partial charge in [-0.1, -0.05) is 42.5 Å². The maximum absolute atomic E-state index is 12.6. The molecule has 2 aromatic heterocycles. The molecular weight excluding hydrogens is 380 g/mol. The molecule has 154 valence electrons. The van der Waals surface area contributed by atoms with Gasteiger partial charge in [0.25, 0.3) is 5.56 Å². The first-order valence-electron chi connectivity index (χ1n) is 9.87. The lowest BCUT2D eigenvalue weighted by Gasteiger charge is -2.20. The second-order valence-electron chi connectivity index (χ2n) is 7.39. The Balaban J connectivity index is 1.55. The molecule has 8 heteroatoms. The summed E-state index contributed by atoms with van der Waals surface area (Å²) in [4.78, 5) is 17.5. The molecule has 0 saturated heterocycles. The van der Waals surface area contributed by atoms with Gasteiger partial charge in [-0.05, 0) is 46.0 Å². The Bertz CT molecular complexity index is 1190. The number of rotatable bonds is 8. The van der Waals surface area contributed by atoms with Crippen LogP contribution in [0, 0.1) is 6.92 Å². The number of H-pyrrole nitrogens is 1. The molecule has 2 heterocycles. The maximum atomic E-state index is 12.6. The molecule has 0 amide bonds. The fourth-order valence-electron chi connectivity index (χ4n) is 3.49. The minimum Gasteiger partial charge on any atom is -0.395 e. The monoisotopic (exact) mass is 404 g/mol. The summed E-state index contributed by atoms with van der Waals surface area (Å²) in [5.74, 6) is 0.681. The SMILES string of the molecule is Cc1ccc2cc(CN(CCO)Cc3nnnn3Cc3ccccc3)c(=O)[nH]c2c1. The van der Waals surface area contributed by atoms with E-state index in [1.54, 1.807) is 4.68 Å². The van der Waals surface area contributed by atoms with Crippen LogP contribution in [0.2, 0.25) is 0 Å². The van der Waals surface area contributed by atoms with Crippen LogP contribution in [0.4, 0.5) is 0 Å². The predicted octanol–water partition coefficient (Wildman–Crippen LogP) is 1.87. The zero-order valence-corrected chi connectivity index (χ0v) is 16.8. The summed E-state index contributed by atoms with van der Waals surface area (Å²) >= 11 is 0. The molecule has 2 aromatic carbocycles. The van der Waals surface area contributed by atoms with E-state index in [1.807, 2.05) is 66.4 Å². The van der Waals surface area contributed by atoms with Crippen LogP contribution in [0.1, 0.15) is 22.5 Å². The highest BCUT2D eigenvalue weighted by Gasteiger charge is 2.15. The third-order valence-electron chi connectivity index (χ3n) is 5.03. The van der Waals surface area contributed by atoms with Gasteiger partial charge >= 0.3 is 0 Å². The number of benzene rings is 2. The Kier molecular flexibility index (Phi) is 5.97. The second-order valence-corrected chi connectivity index (χ2v) is 7.39. The van der Waals surface area contributed by atoms with E-state index in [2.05, 4.69) is 20.5 Å². The lowest BCUT2D eigenvalue weighted by molar-refractivity contribution is 0.179. The van der Waals surface area contributed by atoms with Gasteiger partial charge in [0, 0.05) is 24.2 Å². The molecule has 0 aliphatic heterocycles. The predicted molar refractivity (Wildman–Crippen MR) is 114 cm³/mol. The van der Waals surface area contributed by atoms with Gasteiger partial charge in [0.2, 0.25) is 0 Å². The highest BCUT2D eigenvalue weighted by molar-refractivity contribution is 5.79. The van der Waals surface area contributed by atoms with Gasteiger partial charge in [-0.2, -0.15) is 0 Å². The number of aryl methyl sites for hydroxylation is 1. The van der Waals surface area contributed by atoms with E-state index in [4.69, 9.17) is 0 Å². The number of fused-ring (bicyclic) bond motifs is 1.